The van der Waals surface area contributed by atoms with Crippen molar-refractivity contribution in [3.05, 3.63) is 0 Å². The van der Waals surface area contributed by atoms with Crippen LogP contribution in [0.15, 0.2) is 4.99 Å². The molecule has 0 aromatic carbocycles. The minimum Gasteiger partial charge on any atom is -0.388 e. The fourth-order valence-corrected chi connectivity index (χ4v) is 1.86. The Hall–Kier alpha value is -0.650. The first kappa shape index (κ1) is 14.4. The Bertz CT molecular complexity index is 262. The number of nitrogens with zero attached hydrogens (tertiary/aromatic N) is 1. The van der Waals surface area contributed by atoms with E-state index < -0.39 is 5.79 Å². The molecule has 1 heterocycles. The van der Waals surface area contributed by atoms with Gasteiger partial charge in [0.15, 0.2) is 5.79 Å². The van der Waals surface area contributed by atoms with Gasteiger partial charge in [-0.2, -0.15) is 0 Å². The van der Waals surface area contributed by atoms with Crippen molar-refractivity contribution in [2.75, 3.05) is 13.2 Å². The zero-order chi connectivity index (χ0) is 12.9. The molecule has 5 nitrogen and oxygen atoms in total. The van der Waals surface area contributed by atoms with Gasteiger partial charge in [0.2, 0.25) is 0 Å². The van der Waals surface area contributed by atoms with Crippen LogP contribution in [-0.2, 0) is 9.47 Å². The molecule has 0 saturated carbocycles. The van der Waals surface area contributed by atoms with Gasteiger partial charge < -0.3 is 20.9 Å². The summed E-state index contributed by atoms with van der Waals surface area (Å²) < 4.78 is 11.2. The number of hydrogen-bond acceptors (Lipinski definition) is 4. The van der Waals surface area contributed by atoms with Gasteiger partial charge in [-0.25, -0.2) is 0 Å². The van der Waals surface area contributed by atoms with Gasteiger partial charge in [0, 0.05) is 12.6 Å². The minimum atomic E-state index is -0.483. The molecule has 5 heteroatoms. The number of ether oxygens (including phenoxy) is 2. The molecule has 1 aliphatic rings. The maximum absolute atomic E-state index is 6.08. The second kappa shape index (κ2) is 6.33. The van der Waals surface area contributed by atoms with Crippen LogP contribution in [-0.4, -0.2) is 36.9 Å². The fourth-order valence-electron chi connectivity index (χ4n) is 1.86. The number of aliphatic imine (C=N–C) groups is 1. The number of amidine groups is 1. The highest BCUT2D eigenvalue weighted by molar-refractivity contribution is 5.77. The van der Waals surface area contributed by atoms with Gasteiger partial charge >= 0.3 is 0 Å². The van der Waals surface area contributed by atoms with Gasteiger partial charge in [-0.15, -0.1) is 0 Å². The standard InChI is InChI=1S/C12H25N3O2/c1-9(13)15-7-5-4-6-10(14)11-8-16-12(2,3)17-11/h10-11H,4-8,14H2,1-3H3,(H2,13,15). The predicted molar refractivity (Wildman–Crippen MR) is 68.9 cm³/mol. The topological polar surface area (TPSA) is 82.9 Å². The van der Waals surface area contributed by atoms with E-state index in [-0.39, 0.29) is 12.1 Å². The van der Waals surface area contributed by atoms with E-state index in [4.69, 9.17) is 20.9 Å². The Morgan fingerprint density at radius 1 is 1.47 bits per heavy atom. The van der Waals surface area contributed by atoms with E-state index in [1.165, 1.54) is 0 Å². The van der Waals surface area contributed by atoms with Crippen LogP contribution in [0.25, 0.3) is 0 Å². The summed E-state index contributed by atoms with van der Waals surface area (Å²) in [5, 5.41) is 0. The lowest BCUT2D eigenvalue weighted by molar-refractivity contribution is -0.140. The van der Waals surface area contributed by atoms with E-state index in [1.807, 2.05) is 13.8 Å². The molecule has 0 bridgehead atoms. The Morgan fingerprint density at radius 3 is 2.71 bits per heavy atom. The highest BCUT2D eigenvalue weighted by Gasteiger charge is 2.35. The maximum atomic E-state index is 6.08. The molecule has 4 N–H and O–H groups in total. The molecule has 0 amide bonds. The molecule has 0 radical (unpaired) electrons. The molecule has 0 aliphatic carbocycles. The Labute approximate surface area is 104 Å². The Kier molecular flexibility index (Phi) is 5.36. The zero-order valence-electron chi connectivity index (χ0n) is 11.1. The maximum Gasteiger partial charge on any atom is 0.163 e. The van der Waals surface area contributed by atoms with Crippen molar-refractivity contribution in [1.29, 1.82) is 0 Å². The lowest BCUT2D eigenvalue weighted by Crippen LogP contribution is -2.37. The molecule has 100 valence electrons. The van der Waals surface area contributed by atoms with Crippen LogP contribution in [0.5, 0.6) is 0 Å². The number of unbranched alkanes of at least 4 members (excludes halogenated alkanes) is 1. The smallest absolute Gasteiger partial charge is 0.163 e. The van der Waals surface area contributed by atoms with Crippen molar-refractivity contribution in [3.8, 4) is 0 Å². The minimum absolute atomic E-state index is 0.0183. The first-order valence-electron chi connectivity index (χ1n) is 6.24. The molecular formula is C12H25N3O2. The van der Waals surface area contributed by atoms with E-state index in [0.717, 1.165) is 25.8 Å². The van der Waals surface area contributed by atoms with Gasteiger partial charge in [0.05, 0.1) is 18.5 Å². The third kappa shape index (κ3) is 5.48. The molecular weight excluding hydrogens is 218 g/mol. The summed E-state index contributed by atoms with van der Waals surface area (Å²) in [5.74, 6) is 0.159. The van der Waals surface area contributed by atoms with Crippen LogP contribution in [0.4, 0.5) is 0 Å². The molecule has 1 aliphatic heterocycles. The fraction of sp³-hybridized carbons (Fsp3) is 0.917. The van der Waals surface area contributed by atoms with E-state index in [9.17, 15) is 0 Å². The predicted octanol–water partition coefficient (Wildman–Crippen LogP) is 1.01. The second-order valence-corrected chi connectivity index (χ2v) is 5.05. The van der Waals surface area contributed by atoms with Gasteiger partial charge in [-0.1, -0.05) is 0 Å². The molecule has 1 saturated heterocycles. The van der Waals surface area contributed by atoms with Crippen molar-refractivity contribution in [3.63, 3.8) is 0 Å². The molecule has 1 fully saturated rings. The molecule has 0 aromatic heterocycles. The normalized spacial score (nSPS) is 26.1. The van der Waals surface area contributed by atoms with E-state index in [0.29, 0.717) is 12.4 Å². The van der Waals surface area contributed by atoms with Gasteiger partial charge in [0.1, 0.15) is 0 Å². The average molecular weight is 243 g/mol. The number of rotatable bonds is 6. The molecule has 2 atom stereocenters. The monoisotopic (exact) mass is 243 g/mol. The Morgan fingerprint density at radius 2 is 2.18 bits per heavy atom. The first-order chi connectivity index (χ1) is 7.91. The van der Waals surface area contributed by atoms with Crippen molar-refractivity contribution in [1.82, 2.24) is 0 Å². The second-order valence-electron chi connectivity index (χ2n) is 5.05. The van der Waals surface area contributed by atoms with Crippen molar-refractivity contribution >= 4 is 5.84 Å². The molecule has 1 rings (SSSR count). The van der Waals surface area contributed by atoms with Gasteiger partial charge in [0.25, 0.3) is 0 Å². The third-order valence-electron chi connectivity index (χ3n) is 2.81. The van der Waals surface area contributed by atoms with Crippen LogP contribution in [0.3, 0.4) is 0 Å². The third-order valence-corrected chi connectivity index (χ3v) is 2.81. The molecule has 0 spiro atoms. The van der Waals surface area contributed by atoms with Crippen LogP contribution in [0.2, 0.25) is 0 Å². The summed E-state index contributed by atoms with van der Waals surface area (Å²) in [6.07, 6.45) is 3.01. The summed E-state index contributed by atoms with van der Waals surface area (Å²) in [7, 11) is 0. The largest absolute Gasteiger partial charge is 0.388 e. The lowest BCUT2D eigenvalue weighted by atomic mass is 10.1. The van der Waals surface area contributed by atoms with Crippen LogP contribution < -0.4 is 11.5 Å². The van der Waals surface area contributed by atoms with Gasteiger partial charge in [-0.05, 0) is 40.0 Å². The lowest BCUT2D eigenvalue weighted by Gasteiger charge is -2.21. The summed E-state index contributed by atoms with van der Waals surface area (Å²) in [5.41, 5.74) is 11.5. The quantitative estimate of drug-likeness (QED) is 0.414. The summed E-state index contributed by atoms with van der Waals surface area (Å²) in [4.78, 5) is 4.14. The summed E-state index contributed by atoms with van der Waals surface area (Å²) in [6, 6.07) is 0.0414. The van der Waals surface area contributed by atoms with Crippen LogP contribution in [0, 0.1) is 0 Å². The molecule has 2 unspecified atom stereocenters. The number of hydrogen-bond donors (Lipinski definition) is 2. The Balaban J connectivity index is 2.13. The molecule has 0 aromatic rings. The summed E-state index contributed by atoms with van der Waals surface area (Å²) in [6.45, 7) is 7.01. The highest BCUT2D eigenvalue weighted by Crippen LogP contribution is 2.24. The van der Waals surface area contributed by atoms with Crippen molar-refractivity contribution in [2.45, 2.75) is 58.0 Å². The number of nitrogens with two attached hydrogens (primary N) is 2. The first-order valence-corrected chi connectivity index (χ1v) is 6.24. The van der Waals surface area contributed by atoms with E-state index in [1.54, 1.807) is 6.92 Å². The highest BCUT2D eigenvalue weighted by atomic mass is 16.7. The SMILES string of the molecule is CC(N)=NCCCCC(N)C1COC(C)(C)O1. The molecule has 17 heavy (non-hydrogen) atoms. The van der Waals surface area contributed by atoms with Crippen molar-refractivity contribution < 1.29 is 9.47 Å². The van der Waals surface area contributed by atoms with Gasteiger partial charge in [-0.3, -0.25) is 4.99 Å². The zero-order valence-corrected chi connectivity index (χ0v) is 11.1. The average Bonchev–Trinajstić information content (AvgIpc) is 2.57. The van der Waals surface area contributed by atoms with Crippen LogP contribution in [0.1, 0.15) is 40.0 Å². The summed E-state index contributed by atoms with van der Waals surface area (Å²) >= 11 is 0. The van der Waals surface area contributed by atoms with E-state index in [2.05, 4.69) is 4.99 Å². The van der Waals surface area contributed by atoms with Crippen LogP contribution >= 0.6 is 0 Å². The van der Waals surface area contributed by atoms with Crippen molar-refractivity contribution in [2.24, 2.45) is 16.5 Å². The van der Waals surface area contributed by atoms with E-state index >= 15 is 0 Å².